The molecule has 0 N–H and O–H groups in total. The zero-order chi connectivity index (χ0) is 13.9. The van der Waals surface area contributed by atoms with Crippen molar-refractivity contribution >= 4 is 17.7 Å². The summed E-state index contributed by atoms with van der Waals surface area (Å²) in [5.74, 6) is 1.29. The van der Waals surface area contributed by atoms with Crippen molar-refractivity contribution in [2.75, 3.05) is 12.4 Å². The number of ether oxygens (including phenoxy) is 1. The summed E-state index contributed by atoms with van der Waals surface area (Å²) in [7, 11) is 0. The minimum Gasteiger partial charge on any atom is -0.461 e. The van der Waals surface area contributed by atoms with Crippen molar-refractivity contribution in [2.24, 2.45) is 0 Å². The Labute approximate surface area is 122 Å². The van der Waals surface area contributed by atoms with E-state index in [1.807, 2.05) is 41.6 Å². The molecule has 1 aliphatic heterocycles. The molecule has 2 aromatic rings. The number of hydrogen-bond donors (Lipinski definition) is 0. The van der Waals surface area contributed by atoms with Crippen molar-refractivity contribution in [1.82, 2.24) is 4.57 Å². The van der Waals surface area contributed by atoms with E-state index in [4.69, 9.17) is 4.74 Å². The van der Waals surface area contributed by atoms with Crippen LogP contribution in [0.25, 0.3) is 0 Å². The summed E-state index contributed by atoms with van der Waals surface area (Å²) in [6.07, 6.45) is 1.96. The quantitative estimate of drug-likeness (QED) is 0.806. The zero-order valence-corrected chi connectivity index (χ0v) is 12.2. The summed E-state index contributed by atoms with van der Waals surface area (Å²) >= 11 is 1.89. The summed E-state index contributed by atoms with van der Waals surface area (Å²) in [6, 6.07) is 12.2. The Morgan fingerprint density at radius 3 is 3.05 bits per heavy atom. The average molecular weight is 287 g/mol. The van der Waals surface area contributed by atoms with Crippen molar-refractivity contribution in [1.29, 1.82) is 0 Å². The molecule has 20 heavy (non-hydrogen) atoms. The summed E-state index contributed by atoms with van der Waals surface area (Å²) in [5.41, 5.74) is 2.03. The van der Waals surface area contributed by atoms with E-state index in [9.17, 15) is 4.79 Å². The minimum absolute atomic E-state index is 0.239. The fraction of sp³-hybridized carbons (Fsp3) is 0.312. The molecule has 1 aromatic carbocycles. The molecular weight excluding hydrogens is 270 g/mol. The number of thioether (sulfide) groups is 1. The number of nitrogens with zero attached hydrogens (tertiary/aromatic N) is 1. The third-order valence-electron chi connectivity index (χ3n) is 3.53. The number of benzene rings is 1. The Bertz CT molecular complexity index is 620. The first-order chi connectivity index (χ1) is 9.79. The lowest BCUT2D eigenvalue weighted by Crippen LogP contribution is -2.15. The van der Waals surface area contributed by atoms with Gasteiger partial charge in [0, 0.05) is 29.3 Å². The normalized spacial score (nSPS) is 16.9. The number of fused-ring (bicyclic) bond motifs is 1. The number of esters is 1. The fourth-order valence-electron chi connectivity index (χ4n) is 2.58. The standard InChI is InChI=1S/C16H17NO2S/c1-2-19-16(18)14-7-5-9-17(14)10-12-11-20-15-8-4-3-6-13(12)15/h3-9,12H,2,10-11H2,1H3. The first kappa shape index (κ1) is 13.3. The first-order valence-electron chi connectivity index (χ1n) is 6.83. The molecule has 0 saturated carbocycles. The van der Waals surface area contributed by atoms with Gasteiger partial charge in [-0.2, -0.15) is 0 Å². The van der Waals surface area contributed by atoms with E-state index in [1.165, 1.54) is 10.5 Å². The van der Waals surface area contributed by atoms with Crippen LogP contribution in [0.1, 0.15) is 28.9 Å². The molecule has 104 valence electrons. The van der Waals surface area contributed by atoms with Crippen LogP contribution in [-0.4, -0.2) is 22.9 Å². The van der Waals surface area contributed by atoms with Crippen LogP contribution in [0.5, 0.6) is 0 Å². The van der Waals surface area contributed by atoms with Crippen molar-refractivity contribution in [3.05, 3.63) is 53.9 Å². The highest BCUT2D eigenvalue weighted by Gasteiger charge is 2.24. The molecule has 3 nitrogen and oxygen atoms in total. The molecule has 0 bridgehead atoms. The molecule has 1 aliphatic rings. The second-order valence-electron chi connectivity index (χ2n) is 4.81. The summed E-state index contributed by atoms with van der Waals surface area (Å²) in [4.78, 5) is 13.3. The molecular formula is C16H17NO2S. The molecule has 1 aromatic heterocycles. The molecule has 0 aliphatic carbocycles. The Balaban J connectivity index is 1.80. The highest BCUT2D eigenvalue weighted by atomic mass is 32.2. The van der Waals surface area contributed by atoms with Crippen LogP contribution in [0.4, 0.5) is 0 Å². The lowest BCUT2D eigenvalue weighted by atomic mass is 10.0. The van der Waals surface area contributed by atoms with Crippen LogP contribution in [0, 0.1) is 0 Å². The van der Waals surface area contributed by atoms with Gasteiger partial charge in [0.25, 0.3) is 0 Å². The van der Waals surface area contributed by atoms with Gasteiger partial charge < -0.3 is 9.30 Å². The summed E-state index contributed by atoms with van der Waals surface area (Å²) in [5, 5.41) is 0. The number of rotatable bonds is 4. The molecule has 1 unspecified atom stereocenters. The number of aromatic nitrogens is 1. The Morgan fingerprint density at radius 2 is 2.20 bits per heavy atom. The van der Waals surface area contributed by atoms with Crippen LogP contribution >= 0.6 is 11.8 Å². The molecule has 0 fully saturated rings. The van der Waals surface area contributed by atoms with Gasteiger partial charge in [-0.1, -0.05) is 18.2 Å². The smallest absolute Gasteiger partial charge is 0.354 e. The Morgan fingerprint density at radius 1 is 1.35 bits per heavy atom. The third kappa shape index (κ3) is 2.48. The van der Waals surface area contributed by atoms with Gasteiger partial charge in [0.1, 0.15) is 5.69 Å². The Hall–Kier alpha value is -1.68. The van der Waals surface area contributed by atoms with Gasteiger partial charge in [-0.3, -0.25) is 0 Å². The van der Waals surface area contributed by atoms with Gasteiger partial charge in [0.2, 0.25) is 0 Å². The van der Waals surface area contributed by atoms with E-state index in [-0.39, 0.29) is 5.97 Å². The summed E-state index contributed by atoms with van der Waals surface area (Å²) < 4.78 is 7.10. The first-order valence-corrected chi connectivity index (χ1v) is 7.82. The second-order valence-corrected chi connectivity index (χ2v) is 5.87. The molecule has 0 radical (unpaired) electrons. The molecule has 4 heteroatoms. The maximum atomic E-state index is 11.9. The third-order valence-corrected chi connectivity index (χ3v) is 4.78. The van der Waals surface area contributed by atoms with E-state index in [0.717, 1.165) is 12.3 Å². The van der Waals surface area contributed by atoms with Crippen LogP contribution in [-0.2, 0) is 11.3 Å². The van der Waals surface area contributed by atoms with E-state index in [0.29, 0.717) is 18.2 Å². The minimum atomic E-state index is -0.239. The molecule has 0 spiro atoms. The van der Waals surface area contributed by atoms with Gasteiger partial charge in [-0.05, 0) is 30.7 Å². The molecule has 3 rings (SSSR count). The molecule has 0 saturated heterocycles. The SMILES string of the molecule is CCOC(=O)c1cccn1CC1CSc2ccccc21. The van der Waals surface area contributed by atoms with Crippen LogP contribution < -0.4 is 0 Å². The molecule has 1 atom stereocenters. The van der Waals surface area contributed by atoms with E-state index in [2.05, 4.69) is 24.3 Å². The van der Waals surface area contributed by atoms with Gasteiger partial charge in [0.05, 0.1) is 6.61 Å². The van der Waals surface area contributed by atoms with E-state index < -0.39 is 0 Å². The predicted octanol–water partition coefficient (Wildman–Crippen LogP) is 3.55. The van der Waals surface area contributed by atoms with E-state index >= 15 is 0 Å². The van der Waals surface area contributed by atoms with E-state index in [1.54, 1.807) is 0 Å². The van der Waals surface area contributed by atoms with Gasteiger partial charge in [0.15, 0.2) is 0 Å². The maximum Gasteiger partial charge on any atom is 0.354 e. The van der Waals surface area contributed by atoms with Gasteiger partial charge in [-0.25, -0.2) is 4.79 Å². The van der Waals surface area contributed by atoms with Crippen LogP contribution in [0.3, 0.4) is 0 Å². The lowest BCUT2D eigenvalue weighted by Gasteiger charge is -2.14. The maximum absolute atomic E-state index is 11.9. The lowest BCUT2D eigenvalue weighted by molar-refractivity contribution is 0.0513. The number of carbonyl (C=O) groups is 1. The molecule has 0 amide bonds. The molecule has 2 heterocycles. The highest BCUT2D eigenvalue weighted by Crippen LogP contribution is 2.40. The Kier molecular flexibility index (Phi) is 3.83. The van der Waals surface area contributed by atoms with Crippen molar-refractivity contribution in [3.63, 3.8) is 0 Å². The van der Waals surface area contributed by atoms with Crippen molar-refractivity contribution in [2.45, 2.75) is 24.3 Å². The predicted molar refractivity (Wildman–Crippen MR) is 80.3 cm³/mol. The largest absolute Gasteiger partial charge is 0.461 e. The zero-order valence-electron chi connectivity index (χ0n) is 11.4. The second kappa shape index (κ2) is 5.75. The highest BCUT2D eigenvalue weighted by molar-refractivity contribution is 7.99. The van der Waals surface area contributed by atoms with Crippen LogP contribution in [0.2, 0.25) is 0 Å². The average Bonchev–Trinajstić information content (AvgIpc) is 3.07. The van der Waals surface area contributed by atoms with Crippen molar-refractivity contribution in [3.8, 4) is 0 Å². The number of carbonyl (C=O) groups excluding carboxylic acids is 1. The monoisotopic (exact) mass is 287 g/mol. The topological polar surface area (TPSA) is 31.2 Å². The van der Waals surface area contributed by atoms with Crippen LogP contribution in [0.15, 0.2) is 47.5 Å². The summed E-state index contributed by atoms with van der Waals surface area (Å²) in [6.45, 7) is 3.06. The van der Waals surface area contributed by atoms with Gasteiger partial charge >= 0.3 is 5.97 Å². The van der Waals surface area contributed by atoms with Gasteiger partial charge in [-0.15, -0.1) is 11.8 Å². The number of hydrogen-bond acceptors (Lipinski definition) is 3. The fourth-order valence-corrected chi connectivity index (χ4v) is 3.82. The van der Waals surface area contributed by atoms with Crippen molar-refractivity contribution < 1.29 is 9.53 Å².